The summed E-state index contributed by atoms with van der Waals surface area (Å²) in [6.07, 6.45) is 2.11. The molecule has 2 N–H and O–H groups in total. The maximum absolute atomic E-state index is 12.9. The topological polar surface area (TPSA) is 80.0 Å². The van der Waals surface area contributed by atoms with Crippen LogP contribution in [-0.2, 0) is 10.5 Å². The molecule has 2 aliphatic rings. The van der Waals surface area contributed by atoms with Crippen LogP contribution < -0.4 is 5.32 Å². The quantitative estimate of drug-likeness (QED) is 0.399. The molecule has 6 rings (SSSR count). The number of hydrogen-bond donors (Lipinski definition) is 2. The molecule has 0 saturated carbocycles. The van der Waals surface area contributed by atoms with Gasteiger partial charge in [0.2, 0.25) is 11.1 Å². The average molecular weight is 455 g/mol. The zero-order valence-corrected chi connectivity index (χ0v) is 18.7. The number of carbonyl (C=O) groups is 1. The Hall–Kier alpha value is -3.58. The number of para-hydroxylation sites is 1. The van der Waals surface area contributed by atoms with Gasteiger partial charge >= 0.3 is 0 Å². The predicted molar refractivity (Wildman–Crippen MR) is 129 cm³/mol. The summed E-state index contributed by atoms with van der Waals surface area (Å²) in [5, 5.41) is 21.8. The van der Waals surface area contributed by atoms with E-state index in [-0.39, 0.29) is 11.5 Å². The molecule has 6 nitrogen and oxygen atoms in total. The Kier molecular flexibility index (Phi) is 4.91. The van der Waals surface area contributed by atoms with Crippen LogP contribution in [-0.4, -0.2) is 25.7 Å². The molecule has 7 heteroatoms. The number of anilines is 1. The van der Waals surface area contributed by atoms with E-state index in [4.69, 9.17) is 10.1 Å². The fraction of sp³-hybridized carbons (Fsp3) is 0.192. The minimum atomic E-state index is -0.482. The number of aromatic nitrogens is 3. The molecule has 1 aromatic heterocycles. The highest BCUT2D eigenvalue weighted by Gasteiger charge is 2.37. The van der Waals surface area contributed by atoms with E-state index in [2.05, 4.69) is 41.7 Å². The molecule has 0 amide bonds. The monoisotopic (exact) mass is 454 g/mol. The zero-order valence-electron chi connectivity index (χ0n) is 17.9. The fourth-order valence-electron chi connectivity index (χ4n) is 4.76. The molecule has 1 aliphatic carbocycles. The third-order valence-corrected chi connectivity index (χ3v) is 7.20. The van der Waals surface area contributed by atoms with Crippen molar-refractivity contribution >= 4 is 34.3 Å². The predicted octanol–water partition coefficient (Wildman–Crippen LogP) is 5.45. The second-order valence-electron chi connectivity index (χ2n) is 8.34. The van der Waals surface area contributed by atoms with Crippen molar-refractivity contribution in [3.63, 3.8) is 0 Å². The highest BCUT2D eigenvalue weighted by molar-refractivity contribution is 7.98. The molecule has 3 aromatic carbocycles. The Balaban J connectivity index is 1.37. The van der Waals surface area contributed by atoms with Gasteiger partial charge in [-0.25, -0.2) is 4.68 Å². The van der Waals surface area contributed by atoms with Crippen molar-refractivity contribution in [2.45, 2.75) is 36.2 Å². The Morgan fingerprint density at radius 2 is 1.85 bits per heavy atom. The van der Waals surface area contributed by atoms with Crippen LogP contribution in [0.4, 0.5) is 5.95 Å². The maximum Gasteiger partial charge on any atom is 0.227 e. The van der Waals surface area contributed by atoms with E-state index in [9.17, 15) is 9.90 Å². The van der Waals surface area contributed by atoms with Gasteiger partial charge in [-0.05, 0) is 35.2 Å². The first-order valence-corrected chi connectivity index (χ1v) is 12.0. The van der Waals surface area contributed by atoms with E-state index < -0.39 is 6.04 Å². The molecule has 0 bridgehead atoms. The van der Waals surface area contributed by atoms with Crippen LogP contribution in [0.2, 0.25) is 0 Å². The third kappa shape index (κ3) is 3.49. The maximum atomic E-state index is 12.9. The van der Waals surface area contributed by atoms with Gasteiger partial charge in [-0.1, -0.05) is 72.4 Å². The molecule has 1 atom stereocenters. The van der Waals surface area contributed by atoms with Gasteiger partial charge in [0, 0.05) is 29.0 Å². The molecule has 0 fully saturated rings. The second-order valence-corrected chi connectivity index (χ2v) is 9.29. The number of rotatable bonds is 4. The first kappa shape index (κ1) is 20.1. The first-order chi connectivity index (χ1) is 16.2. The first-order valence-electron chi connectivity index (χ1n) is 11.1. The highest BCUT2D eigenvalue weighted by atomic mass is 32.2. The van der Waals surface area contributed by atoms with Gasteiger partial charge in [-0.3, -0.25) is 4.79 Å². The van der Waals surface area contributed by atoms with Crippen LogP contribution in [0.3, 0.4) is 0 Å². The van der Waals surface area contributed by atoms with Gasteiger partial charge in [-0.15, -0.1) is 5.10 Å². The molecule has 2 heterocycles. The Morgan fingerprint density at radius 1 is 1.03 bits per heavy atom. The summed E-state index contributed by atoms with van der Waals surface area (Å²) in [6.45, 7) is 0. The van der Waals surface area contributed by atoms with Crippen molar-refractivity contribution in [2.75, 3.05) is 5.32 Å². The van der Waals surface area contributed by atoms with Crippen molar-refractivity contribution in [3.8, 4) is 5.75 Å². The number of carbonyl (C=O) groups excluding carboxylic acids is 1. The van der Waals surface area contributed by atoms with E-state index in [0.717, 1.165) is 24.3 Å². The average Bonchev–Trinajstić information content (AvgIpc) is 3.25. The number of hydrogen-bond acceptors (Lipinski definition) is 6. The molecule has 164 valence electrons. The third-order valence-electron chi connectivity index (χ3n) is 6.32. The van der Waals surface area contributed by atoms with Crippen molar-refractivity contribution < 1.29 is 9.90 Å². The van der Waals surface area contributed by atoms with Crippen LogP contribution >= 0.6 is 11.8 Å². The van der Waals surface area contributed by atoms with Gasteiger partial charge in [0.05, 0.1) is 0 Å². The Bertz CT molecular complexity index is 1420. The summed E-state index contributed by atoms with van der Waals surface area (Å²) < 4.78 is 1.75. The zero-order chi connectivity index (χ0) is 22.4. The van der Waals surface area contributed by atoms with E-state index in [1.807, 2.05) is 18.2 Å². The standard InChI is InChI=1S/C26H22N4O2S/c31-21-13-4-3-11-19(21)24-23-20(12-6-14-22(23)32)27-25-28-26(29-30(24)25)33-15-17-9-5-8-16-7-1-2-10-18(16)17/h1-5,7-11,13,24,31H,6,12,14-15H2,(H,27,28,29). The molecule has 0 spiro atoms. The summed E-state index contributed by atoms with van der Waals surface area (Å²) in [5.41, 5.74) is 3.47. The lowest BCUT2D eigenvalue weighted by Gasteiger charge is -2.32. The number of nitrogens with zero attached hydrogens (tertiary/aromatic N) is 3. The summed E-state index contributed by atoms with van der Waals surface area (Å²) in [6, 6.07) is 21.4. The van der Waals surface area contributed by atoms with Crippen LogP contribution in [0.15, 0.2) is 83.2 Å². The van der Waals surface area contributed by atoms with Crippen LogP contribution in [0.1, 0.15) is 36.4 Å². The van der Waals surface area contributed by atoms with E-state index in [1.165, 1.54) is 16.3 Å². The minimum absolute atomic E-state index is 0.100. The normalized spacial score (nSPS) is 17.6. The number of fused-ring (bicyclic) bond motifs is 2. The highest BCUT2D eigenvalue weighted by Crippen LogP contribution is 2.43. The lowest BCUT2D eigenvalue weighted by molar-refractivity contribution is -0.116. The van der Waals surface area contributed by atoms with E-state index in [1.54, 1.807) is 28.6 Å². The van der Waals surface area contributed by atoms with Gasteiger partial charge < -0.3 is 10.4 Å². The van der Waals surface area contributed by atoms with Gasteiger partial charge in [0.1, 0.15) is 11.8 Å². The number of thioether (sulfide) groups is 1. The Labute approximate surface area is 195 Å². The molecule has 33 heavy (non-hydrogen) atoms. The SMILES string of the molecule is O=C1CCCC2=C1C(c1ccccc1O)n1nc(SCc3cccc4ccccc34)nc1N2. The molecule has 1 aliphatic heterocycles. The van der Waals surface area contributed by atoms with Gasteiger partial charge in [0.15, 0.2) is 5.78 Å². The number of nitrogens with one attached hydrogen (secondary N) is 1. The van der Waals surface area contributed by atoms with Gasteiger partial charge in [-0.2, -0.15) is 4.98 Å². The van der Waals surface area contributed by atoms with Crippen molar-refractivity contribution in [1.29, 1.82) is 0 Å². The summed E-state index contributed by atoms with van der Waals surface area (Å²) >= 11 is 1.57. The molecular formula is C26H22N4O2S. The molecular weight excluding hydrogens is 432 g/mol. The number of Topliss-reactive ketones (excluding diaryl/α,β-unsaturated/α-hetero) is 1. The number of phenolic OH excluding ortho intramolecular Hbond substituents is 1. The number of allylic oxidation sites excluding steroid dienone is 2. The second kappa shape index (κ2) is 8.08. The molecule has 0 saturated heterocycles. The van der Waals surface area contributed by atoms with Crippen LogP contribution in [0.5, 0.6) is 5.75 Å². The van der Waals surface area contributed by atoms with E-state index >= 15 is 0 Å². The van der Waals surface area contributed by atoms with Gasteiger partial charge in [0.25, 0.3) is 0 Å². The molecule has 0 radical (unpaired) electrons. The number of aromatic hydroxyl groups is 1. The van der Waals surface area contributed by atoms with Crippen LogP contribution in [0, 0.1) is 0 Å². The number of ketones is 1. The van der Waals surface area contributed by atoms with Crippen molar-refractivity contribution in [2.24, 2.45) is 0 Å². The summed E-state index contributed by atoms with van der Waals surface area (Å²) in [4.78, 5) is 17.7. The largest absolute Gasteiger partial charge is 0.508 e. The fourth-order valence-corrected chi connectivity index (χ4v) is 5.60. The number of phenols is 1. The molecule has 4 aromatic rings. The van der Waals surface area contributed by atoms with E-state index in [0.29, 0.717) is 28.7 Å². The summed E-state index contributed by atoms with van der Waals surface area (Å²) in [5.74, 6) is 1.60. The molecule has 1 unspecified atom stereocenters. The Morgan fingerprint density at radius 3 is 2.76 bits per heavy atom. The summed E-state index contributed by atoms with van der Waals surface area (Å²) in [7, 11) is 0. The number of benzene rings is 3. The van der Waals surface area contributed by atoms with Crippen molar-refractivity contribution in [3.05, 3.63) is 89.1 Å². The van der Waals surface area contributed by atoms with Crippen LogP contribution in [0.25, 0.3) is 10.8 Å². The lowest BCUT2D eigenvalue weighted by atomic mass is 9.85. The lowest BCUT2D eigenvalue weighted by Crippen LogP contribution is -2.31. The minimum Gasteiger partial charge on any atom is -0.508 e. The van der Waals surface area contributed by atoms with Crippen molar-refractivity contribution in [1.82, 2.24) is 14.8 Å². The smallest absolute Gasteiger partial charge is 0.227 e.